The molecule has 0 atom stereocenters. The van der Waals surface area contributed by atoms with E-state index in [2.05, 4.69) is 15.4 Å². The largest absolute Gasteiger partial charge is 0.495 e. The molecule has 2 aromatic carbocycles. The van der Waals surface area contributed by atoms with Crippen LogP contribution in [0.4, 0.5) is 11.4 Å². The first-order chi connectivity index (χ1) is 14.9. The first-order valence-electron chi connectivity index (χ1n) is 10.3. The number of benzene rings is 2. The van der Waals surface area contributed by atoms with Crippen LogP contribution in [0.25, 0.3) is 0 Å². The number of carbonyl (C=O) groups is 1. The van der Waals surface area contributed by atoms with Gasteiger partial charge in [0.2, 0.25) is 15.9 Å². The van der Waals surface area contributed by atoms with Crippen LogP contribution in [0.3, 0.4) is 0 Å². The summed E-state index contributed by atoms with van der Waals surface area (Å²) in [4.78, 5) is 11.7. The van der Waals surface area contributed by atoms with E-state index in [-0.39, 0.29) is 5.91 Å². The Bertz CT molecular complexity index is 1010. The van der Waals surface area contributed by atoms with Crippen molar-refractivity contribution in [3.8, 4) is 11.5 Å². The SMILES string of the molecule is COc1ccc(OCCNCCCc2ccc(NS(C)(=O)=O)cc2)c2c1NC(=O)CC2. The molecule has 0 aromatic heterocycles. The summed E-state index contributed by atoms with van der Waals surface area (Å²) in [5.74, 6) is 1.42. The highest BCUT2D eigenvalue weighted by Gasteiger charge is 2.22. The van der Waals surface area contributed by atoms with Crippen molar-refractivity contribution in [2.75, 3.05) is 43.1 Å². The van der Waals surface area contributed by atoms with E-state index in [0.717, 1.165) is 42.5 Å². The predicted molar refractivity (Wildman–Crippen MR) is 122 cm³/mol. The van der Waals surface area contributed by atoms with Gasteiger partial charge < -0.3 is 20.1 Å². The molecule has 8 nitrogen and oxygen atoms in total. The summed E-state index contributed by atoms with van der Waals surface area (Å²) in [6.07, 6.45) is 4.08. The van der Waals surface area contributed by atoms with Gasteiger partial charge in [0.05, 0.1) is 19.1 Å². The number of fused-ring (bicyclic) bond motifs is 1. The number of amides is 1. The number of sulfonamides is 1. The van der Waals surface area contributed by atoms with Crippen LogP contribution >= 0.6 is 0 Å². The smallest absolute Gasteiger partial charge is 0.229 e. The lowest BCUT2D eigenvalue weighted by atomic mass is 10.0. The fourth-order valence-corrected chi connectivity index (χ4v) is 4.03. The summed E-state index contributed by atoms with van der Waals surface area (Å²) in [7, 11) is -1.66. The van der Waals surface area contributed by atoms with Crippen LogP contribution in [0.1, 0.15) is 24.0 Å². The number of ether oxygens (including phenoxy) is 2. The maximum atomic E-state index is 11.7. The molecule has 0 saturated heterocycles. The minimum Gasteiger partial charge on any atom is -0.495 e. The molecule has 1 amide bonds. The van der Waals surface area contributed by atoms with Gasteiger partial charge in [-0.05, 0) is 55.6 Å². The van der Waals surface area contributed by atoms with Crippen LogP contribution in [-0.4, -0.2) is 47.4 Å². The van der Waals surface area contributed by atoms with Crippen molar-refractivity contribution in [1.82, 2.24) is 5.32 Å². The second-order valence-corrected chi connectivity index (χ2v) is 9.19. The average molecular weight is 448 g/mol. The van der Waals surface area contributed by atoms with Gasteiger partial charge in [-0.25, -0.2) is 8.42 Å². The molecule has 0 unspecified atom stereocenters. The Morgan fingerprint density at radius 2 is 1.77 bits per heavy atom. The number of hydrogen-bond acceptors (Lipinski definition) is 6. The van der Waals surface area contributed by atoms with E-state index in [1.54, 1.807) is 19.2 Å². The summed E-state index contributed by atoms with van der Waals surface area (Å²) < 4.78 is 36.2. The van der Waals surface area contributed by atoms with E-state index in [0.29, 0.717) is 43.1 Å². The molecule has 31 heavy (non-hydrogen) atoms. The minimum absolute atomic E-state index is 0.00841. The molecule has 3 rings (SSSR count). The van der Waals surface area contributed by atoms with Crippen LogP contribution in [0.15, 0.2) is 36.4 Å². The lowest BCUT2D eigenvalue weighted by Gasteiger charge is -2.22. The maximum absolute atomic E-state index is 11.7. The van der Waals surface area contributed by atoms with Crippen molar-refractivity contribution in [2.45, 2.75) is 25.7 Å². The number of aryl methyl sites for hydroxylation is 1. The van der Waals surface area contributed by atoms with Crippen LogP contribution in [-0.2, 0) is 27.7 Å². The molecule has 0 radical (unpaired) electrons. The number of anilines is 2. The molecule has 0 saturated carbocycles. The predicted octanol–water partition coefficient (Wildman–Crippen LogP) is 2.55. The van der Waals surface area contributed by atoms with Gasteiger partial charge in [-0.3, -0.25) is 9.52 Å². The van der Waals surface area contributed by atoms with Crippen LogP contribution in [0, 0.1) is 0 Å². The maximum Gasteiger partial charge on any atom is 0.229 e. The van der Waals surface area contributed by atoms with Crippen molar-refractivity contribution in [1.29, 1.82) is 0 Å². The molecule has 168 valence electrons. The molecule has 0 bridgehead atoms. The Hall–Kier alpha value is -2.78. The molecule has 0 aliphatic carbocycles. The highest BCUT2D eigenvalue weighted by Crippen LogP contribution is 2.38. The van der Waals surface area contributed by atoms with E-state index in [4.69, 9.17) is 9.47 Å². The summed E-state index contributed by atoms with van der Waals surface area (Å²) in [5.41, 5.74) is 3.42. The van der Waals surface area contributed by atoms with Gasteiger partial charge in [0.25, 0.3) is 0 Å². The van der Waals surface area contributed by atoms with E-state index >= 15 is 0 Å². The topological polar surface area (TPSA) is 106 Å². The molecule has 0 fully saturated rings. The van der Waals surface area contributed by atoms with E-state index < -0.39 is 10.0 Å². The zero-order chi connectivity index (χ0) is 22.3. The summed E-state index contributed by atoms with van der Waals surface area (Å²) in [6.45, 7) is 2.09. The first kappa shape index (κ1) is 22.9. The number of nitrogens with one attached hydrogen (secondary N) is 3. The summed E-state index contributed by atoms with van der Waals surface area (Å²) in [6, 6.07) is 11.1. The Morgan fingerprint density at radius 3 is 2.48 bits per heavy atom. The fraction of sp³-hybridized carbons (Fsp3) is 0.409. The van der Waals surface area contributed by atoms with Crippen LogP contribution in [0.5, 0.6) is 11.5 Å². The summed E-state index contributed by atoms with van der Waals surface area (Å²) in [5, 5.41) is 6.24. The van der Waals surface area contributed by atoms with Crippen molar-refractivity contribution in [3.63, 3.8) is 0 Å². The molecule has 9 heteroatoms. The van der Waals surface area contributed by atoms with E-state index in [1.807, 2.05) is 24.3 Å². The van der Waals surface area contributed by atoms with Crippen molar-refractivity contribution in [3.05, 3.63) is 47.5 Å². The van der Waals surface area contributed by atoms with Crippen LogP contribution < -0.4 is 24.8 Å². The monoisotopic (exact) mass is 447 g/mol. The lowest BCUT2D eigenvalue weighted by Crippen LogP contribution is -2.24. The normalized spacial score (nSPS) is 13.3. The van der Waals surface area contributed by atoms with Gasteiger partial charge in [-0.1, -0.05) is 12.1 Å². The number of rotatable bonds is 11. The zero-order valence-electron chi connectivity index (χ0n) is 17.9. The Morgan fingerprint density at radius 1 is 1.03 bits per heavy atom. The van der Waals surface area contributed by atoms with Gasteiger partial charge >= 0.3 is 0 Å². The highest BCUT2D eigenvalue weighted by molar-refractivity contribution is 7.92. The van der Waals surface area contributed by atoms with Crippen LogP contribution in [0.2, 0.25) is 0 Å². The molecule has 1 heterocycles. The molecule has 1 aliphatic rings. The molecular formula is C22H29N3O5S. The van der Waals surface area contributed by atoms with Crippen molar-refractivity contribution in [2.24, 2.45) is 0 Å². The first-order valence-corrected chi connectivity index (χ1v) is 12.1. The second kappa shape index (κ2) is 10.5. The third-order valence-corrected chi connectivity index (χ3v) is 5.54. The molecule has 2 aromatic rings. The highest BCUT2D eigenvalue weighted by atomic mass is 32.2. The second-order valence-electron chi connectivity index (χ2n) is 7.44. The number of hydrogen-bond donors (Lipinski definition) is 3. The quantitative estimate of drug-likeness (QED) is 0.457. The Labute approximate surface area is 183 Å². The van der Waals surface area contributed by atoms with Gasteiger partial charge in [-0.15, -0.1) is 0 Å². The van der Waals surface area contributed by atoms with Gasteiger partial charge in [0, 0.05) is 24.2 Å². The van der Waals surface area contributed by atoms with Crippen molar-refractivity contribution < 1.29 is 22.7 Å². The Balaban J connectivity index is 1.38. The lowest BCUT2D eigenvalue weighted by molar-refractivity contribution is -0.116. The zero-order valence-corrected chi connectivity index (χ0v) is 18.7. The summed E-state index contributed by atoms with van der Waals surface area (Å²) >= 11 is 0. The molecule has 3 N–H and O–H groups in total. The third-order valence-electron chi connectivity index (χ3n) is 4.93. The standard InChI is InChI=1S/C22H29N3O5S/c1-29-20-11-10-19(18-9-12-21(26)24-22(18)20)30-15-14-23-13-3-4-16-5-7-17(8-6-16)25-31(2,27)28/h5-8,10-11,23,25H,3-4,9,12-15H2,1-2H3,(H,24,26). The van der Waals surface area contributed by atoms with Gasteiger partial charge in [0.15, 0.2) is 0 Å². The number of methoxy groups -OCH3 is 1. The molecular weight excluding hydrogens is 418 g/mol. The van der Waals surface area contributed by atoms with E-state index in [9.17, 15) is 13.2 Å². The average Bonchev–Trinajstić information content (AvgIpc) is 2.73. The number of carbonyl (C=O) groups excluding carboxylic acids is 1. The molecule has 1 aliphatic heterocycles. The fourth-order valence-electron chi connectivity index (χ4n) is 3.47. The molecule has 0 spiro atoms. The minimum atomic E-state index is -3.25. The van der Waals surface area contributed by atoms with E-state index in [1.165, 1.54) is 0 Å². The third kappa shape index (κ3) is 6.86. The van der Waals surface area contributed by atoms with Crippen molar-refractivity contribution >= 4 is 27.3 Å². The van der Waals surface area contributed by atoms with Gasteiger partial charge in [-0.2, -0.15) is 0 Å². The Kier molecular flexibility index (Phi) is 7.75. The van der Waals surface area contributed by atoms with Gasteiger partial charge in [0.1, 0.15) is 18.1 Å².